The highest BCUT2D eigenvalue weighted by atomic mass is 16.3. The van der Waals surface area contributed by atoms with E-state index in [9.17, 15) is 19.8 Å². The van der Waals surface area contributed by atoms with Crippen LogP contribution in [0.25, 0.3) is 21.8 Å². The number of aryl methyl sites for hydroxylation is 1. The van der Waals surface area contributed by atoms with Crippen LogP contribution in [0, 0.1) is 6.92 Å². The van der Waals surface area contributed by atoms with Crippen LogP contribution in [0.3, 0.4) is 0 Å². The van der Waals surface area contributed by atoms with Gasteiger partial charge in [-0.3, -0.25) is 9.59 Å². The molecule has 5 aromatic carbocycles. The molecule has 0 fully saturated rings. The molecule has 0 aliphatic carbocycles. The van der Waals surface area contributed by atoms with Gasteiger partial charge in [0.2, 0.25) is 0 Å². The van der Waals surface area contributed by atoms with Gasteiger partial charge >= 0.3 is 0 Å². The molecule has 0 saturated heterocycles. The van der Waals surface area contributed by atoms with Crippen molar-refractivity contribution in [3.05, 3.63) is 166 Å². The Balaban J connectivity index is 1.23. The van der Waals surface area contributed by atoms with Crippen molar-refractivity contribution >= 4 is 46.0 Å². The Morgan fingerprint density at radius 2 is 1.10 bits per heavy atom. The van der Waals surface area contributed by atoms with Gasteiger partial charge in [0.05, 0.1) is 12.4 Å². The molecule has 0 spiro atoms. The van der Waals surface area contributed by atoms with Crippen LogP contribution in [0.5, 0.6) is 11.5 Å². The molecular formula is C40H32N6O4. The number of hydrogen-bond donors (Lipinski definition) is 6. The van der Waals surface area contributed by atoms with Crippen LogP contribution in [-0.2, 0) is 0 Å². The Bertz CT molecular complexity index is 2280. The van der Waals surface area contributed by atoms with Crippen molar-refractivity contribution < 1.29 is 19.8 Å². The third-order valence-electron chi connectivity index (χ3n) is 8.60. The fourth-order valence-corrected chi connectivity index (χ4v) is 5.97. The van der Waals surface area contributed by atoms with Gasteiger partial charge in [0, 0.05) is 62.4 Å². The van der Waals surface area contributed by atoms with Gasteiger partial charge in [-0.05, 0) is 84.3 Å². The summed E-state index contributed by atoms with van der Waals surface area (Å²) in [7, 11) is 0. The number of nitrogens with zero attached hydrogens (tertiary/aromatic N) is 2. The lowest BCUT2D eigenvalue weighted by Crippen LogP contribution is -2.17. The molecule has 50 heavy (non-hydrogen) atoms. The molecular weight excluding hydrogens is 628 g/mol. The van der Waals surface area contributed by atoms with E-state index < -0.39 is 11.8 Å². The van der Waals surface area contributed by atoms with E-state index >= 15 is 0 Å². The van der Waals surface area contributed by atoms with E-state index in [2.05, 4.69) is 55.3 Å². The van der Waals surface area contributed by atoms with Crippen molar-refractivity contribution in [2.75, 3.05) is 0 Å². The fraction of sp³-hybridized carbons (Fsp3) is 0.0500. The Hall–Kier alpha value is -6.94. The minimum absolute atomic E-state index is 0.0637. The van der Waals surface area contributed by atoms with Crippen LogP contribution in [0.1, 0.15) is 60.0 Å². The summed E-state index contributed by atoms with van der Waals surface area (Å²) in [5, 5.41) is 29.8. The number of amides is 2. The molecule has 0 saturated carbocycles. The Kier molecular flexibility index (Phi) is 8.64. The predicted molar refractivity (Wildman–Crippen MR) is 195 cm³/mol. The first-order valence-electron chi connectivity index (χ1n) is 15.9. The first-order valence-corrected chi connectivity index (χ1v) is 15.9. The van der Waals surface area contributed by atoms with E-state index in [1.54, 1.807) is 60.7 Å². The van der Waals surface area contributed by atoms with E-state index in [-0.39, 0.29) is 17.4 Å². The van der Waals surface area contributed by atoms with Gasteiger partial charge in [0.25, 0.3) is 11.8 Å². The standard InChI is InChI=1S/C40H32N6O4/c1-24-10-12-25(13-11-24)38(32-22-41-34-16-14-26(18-30(32)34)39(49)45-43-20-28-6-2-4-8-36(28)47)33-23-42-35-17-15-27(19-31(33)35)40(50)46-44-21-29-7-3-5-9-37(29)48/h2-23,38,41-42,47-48H,1H3,(H,45,49)(H,46,50)/b43-20+,44-21+. The maximum absolute atomic E-state index is 13.2. The minimum atomic E-state index is -0.398. The van der Waals surface area contributed by atoms with Gasteiger partial charge in [0.15, 0.2) is 0 Å². The monoisotopic (exact) mass is 660 g/mol. The number of rotatable bonds is 9. The highest BCUT2D eigenvalue weighted by Crippen LogP contribution is 2.40. The zero-order valence-corrected chi connectivity index (χ0v) is 26.9. The maximum Gasteiger partial charge on any atom is 0.271 e. The second-order valence-electron chi connectivity index (χ2n) is 11.9. The van der Waals surface area contributed by atoms with Crippen molar-refractivity contribution in [3.8, 4) is 11.5 Å². The number of phenolic OH excluding ortho intramolecular Hbond substituents is 2. The molecule has 0 aliphatic heterocycles. The van der Waals surface area contributed by atoms with Crippen molar-refractivity contribution in [1.29, 1.82) is 0 Å². The van der Waals surface area contributed by atoms with E-state index in [4.69, 9.17) is 0 Å². The molecule has 10 nitrogen and oxygen atoms in total. The number of fused-ring (bicyclic) bond motifs is 2. The lowest BCUT2D eigenvalue weighted by atomic mass is 9.84. The minimum Gasteiger partial charge on any atom is -0.507 e. The van der Waals surface area contributed by atoms with Gasteiger partial charge in [-0.15, -0.1) is 0 Å². The van der Waals surface area contributed by atoms with Crippen molar-refractivity contribution in [2.45, 2.75) is 12.8 Å². The molecule has 7 rings (SSSR count). The Labute approximate surface area is 286 Å². The Morgan fingerprint density at radius 3 is 1.56 bits per heavy atom. The average Bonchev–Trinajstić information content (AvgIpc) is 3.75. The average molecular weight is 661 g/mol. The summed E-state index contributed by atoms with van der Waals surface area (Å²) in [6.07, 6.45) is 6.70. The second-order valence-corrected chi connectivity index (χ2v) is 11.9. The largest absolute Gasteiger partial charge is 0.507 e. The van der Waals surface area contributed by atoms with E-state index in [0.29, 0.717) is 22.3 Å². The summed E-state index contributed by atoms with van der Waals surface area (Å²) in [6, 6.07) is 32.6. The molecule has 0 radical (unpaired) electrons. The molecule has 0 atom stereocenters. The van der Waals surface area contributed by atoms with Crippen LogP contribution in [0.4, 0.5) is 0 Å². The van der Waals surface area contributed by atoms with Gasteiger partial charge in [-0.2, -0.15) is 10.2 Å². The zero-order valence-electron chi connectivity index (χ0n) is 26.9. The number of nitrogens with one attached hydrogen (secondary N) is 4. The summed E-state index contributed by atoms with van der Waals surface area (Å²) in [5.74, 6) is -0.939. The number of hydrogen-bond acceptors (Lipinski definition) is 6. The molecule has 246 valence electrons. The number of benzene rings is 5. The number of H-pyrrole nitrogens is 2. The summed E-state index contributed by atoms with van der Waals surface area (Å²) >= 11 is 0. The van der Waals surface area contributed by atoms with Gasteiger partial charge < -0.3 is 20.2 Å². The lowest BCUT2D eigenvalue weighted by Gasteiger charge is -2.18. The summed E-state index contributed by atoms with van der Waals surface area (Å²) in [5.41, 5.74) is 12.7. The van der Waals surface area contributed by atoms with Crippen LogP contribution in [0.2, 0.25) is 0 Å². The number of aromatic amines is 2. The topological polar surface area (TPSA) is 155 Å². The molecule has 6 N–H and O–H groups in total. The quantitative estimate of drug-likeness (QED) is 0.0723. The Morgan fingerprint density at radius 1 is 0.640 bits per heavy atom. The highest BCUT2D eigenvalue weighted by molar-refractivity contribution is 6.01. The first kappa shape index (κ1) is 31.6. The van der Waals surface area contributed by atoms with E-state index in [0.717, 1.165) is 44.1 Å². The molecule has 7 aromatic rings. The lowest BCUT2D eigenvalue weighted by molar-refractivity contribution is 0.0947. The molecule has 2 amide bonds. The van der Waals surface area contributed by atoms with Crippen LogP contribution in [0.15, 0.2) is 132 Å². The number of aromatic hydroxyl groups is 2. The molecule has 0 unspecified atom stereocenters. The summed E-state index contributed by atoms with van der Waals surface area (Å²) in [6.45, 7) is 2.04. The fourth-order valence-electron chi connectivity index (χ4n) is 5.97. The number of carbonyl (C=O) groups is 2. The molecule has 0 bridgehead atoms. The number of hydrazone groups is 2. The third-order valence-corrected chi connectivity index (χ3v) is 8.60. The molecule has 0 aliphatic rings. The highest BCUT2D eigenvalue weighted by Gasteiger charge is 2.24. The predicted octanol–water partition coefficient (Wildman–Crippen LogP) is 7.08. The first-order chi connectivity index (χ1) is 24.4. The van der Waals surface area contributed by atoms with E-state index in [1.807, 2.05) is 43.6 Å². The molecule has 2 aromatic heterocycles. The maximum atomic E-state index is 13.2. The van der Waals surface area contributed by atoms with Gasteiger partial charge in [0.1, 0.15) is 11.5 Å². The third kappa shape index (κ3) is 6.45. The van der Waals surface area contributed by atoms with Crippen LogP contribution in [-0.4, -0.2) is 44.4 Å². The number of phenols is 2. The van der Waals surface area contributed by atoms with Crippen LogP contribution >= 0.6 is 0 Å². The van der Waals surface area contributed by atoms with Crippen molar-refractivity contribution in [1.82, 2.24) is 20.8 Å². The molecule has 2 heterocycles. The van der Waals surface area contributed by atoms with Crippen molar-refractivity contribution in [2.24, 2.45) is 10.2 Å². The zero-order chi connectivity index (χ0) is 34.6. The summed E-state index contributed by atoms with van der Waals surface area (Å²) < 4.78 is 0. The smallest absolute Gasteiger partial charge is 0.271 e. The normalized spacial score (nSPS) is 11.6. The second kappa shape index (κ2) is 13.7. The van der Waals surface area contributed by atoms with E-state index in [1.165, 1.54) is 12.4 Å². The number of aromatic nitrogens is 2. The van der Waals surface area contributed by atoms with Gasteiger partial charge in [-0.25, -0.2) is 10.9 Å². The SMILES string of the molecule is Cc1ccc(C(c2c[nH]c3ccc(C(=O)N/N=C/c4ccccc4O)cc23)c2c[nH]c3ccc(C(=O)N/N=C/c4ccccc4O)cc23)cc1. The number of para-hydroxylation sites is 2. The van der Waals surface area contributed by atoms with Gasteiger partial charge in [-0.1, -0.05) is 54.1 Å². The van der Waals surface area contributed by atoms with Crippen LogP contribution < -0.4 is 10.9 Å². The van der Waals surface area contributed by atoms with Crippen molar-refractivity contribution in [3.63, 3.8) is 0 Å². The molecule has 10 heteroatoms. The summed E-state index contributed by atoms with van der Waals surface area (Å²) in [4.78, 5) is 33.1. The number of carbonyl (C=O) groups excluding carboxylic acids is 2.